The van der Waals surface area contributed by atoms with Gasteiger partial charge >= 0.3 is 0 Å². The molecule has 1 fully saturated rings. The second-order valence-electron chi connectivity index (χ2n) is 8.46. The van der Waals surface area contributed by atoms with Gasteiger partial charge < -0.3 is 23.7 Å². The molecule has 5 rings (SSSR count). The topological polar surface area (TPSA) is 94.9 Å². The standard InChI is InChI=1S/C25H28N4O5S/c1-28-22-8-5-18(35(30,31)27-21-7-9-24(32-2)26-25(21)33-3)15-20(22)19-6-4-17(14-23(19)28)16-29-10-12-34-13-11-29/h5-9,14-16,27H,4,10-13H2,1-3H3. The zero-order valence-corrected chi connectivity index (χ0v) is 20.8. The molecule has 0 atom stereocenters. The van der Waals surface area contributed by atoms with E-state index in [4.69, 9.17) is 14.2 Å². The molecule has 10 heteroatoms. The van der Waals surface area contributed by atoms with Crippen molar-refractivity contribution in [2.45, 2.75) is 11.3 Å². The Morgan fingerprint density at radius 3 is 2.66 bits per heavy atom. The van der Waals surface area contributed by atoms with Crippen LogP contribution >= 0.6 is 0 Å². The van der Waals surface area contributed by atoms with Crippen LogP contribution in [0.1, 0.15) is 6.42 Å². The monoisotopic (exact) mass is 496 g/mol. The number of anilines is 1. The number of nitrogens with zero attached hydrogens (tertiary/aromatic N) is 3. The van der Waals surface area contributed by atoms with E-state index >= 15 is 0 Å². The number of allylic oxidation sites excluding steroid dienone is 1. The molecule has 1 aliphatic carbocycles. The molecule has 1 aliphatic heterocycles. The number of hydrogen-bond donors (Lipinski definition) is 1. The van der Waals surface area contributed by atoms with Crippen LogP contribution in [0.5, 0.6) is 11.8 Å². The van der Waals surface area contributed by atoms with Crippen molar-refractivity contribution in [2.24, 2.45) is 7.05 Å². The maximum atomic E-state index is 13.2. The Labute approximate surface area is 204 Å². The van der Waals surface area contributed by atoms with E-state index in [0.717, 1.165) is 54.2 Å². The summed E-state index contributed by atoms with van der Waals surface area (Å²) in [6.45, 7) is 3.27. The molecule has 1 saturated heterocycles. The highest BCUT2D eigenvalue weighted by molar-refractivity contribution is 7.92. The highest BCUT2D eigenvalue weighted by atomic mass is 32.2. The summed E-state index contributed by atoms with van der Waals surface area (Å²) >= 11 is 0. The van der Waals surface area contributed by atoms with E-state index in [2.05, 4.69) is 37.5 Å². The molecular weight excluding hydrogens is 468 g/mol. The number of nitrogens with one attached hydrogen (secondary N) is 1. The Morgan fingerprint density at radius 2 is 1.91 bits per heavy atom. The average Bonchev–Trinajstić information content (AvgIpc) is 3.15. The maximum Gasteiger partial charge on any atom is 0.262 e. The molecule has 0 bridgehead atoms. The molecule has 0 amide bonds. The van der Waals surface area contributed by atoms with Gasteiger partial charge in [0.15, 0.2) is 0 Å². The van der Waals surface area contributed by atoms with Crippen molar-refractivity contribution in [3.63, 3.8) is 0 Å². The third-order valence-electron chi connectivity index (χ3n) is 6.31. The highest BCUT2D eigenvalue weighted by Gasteiger charge is 2.20. The van der Waals surface area contributed by atoms with Crippen LogP contribution in [0.15, 0.2) is 47.0 Å². The fourth-order valence-corrected chi connectivity index (χ4v) is 5.57. The first kappa shape index (κ1) is 23.3. The average molecular weight is 497 g/mol. The summed E-state index contributed by atoms with van der Waals surface area (Å²) in [7, 11) is 1.04. The number of pyridine rings is 1. The van der Waals surface area contributed by atoms with Crippen molar-refractivity contribution in [1.29, 1.82) is 0 Å². The normalized spacial score (nSPS) is 17.0. The summed E-state index contributed by atoms with van der Waals surface area (Å²) in [5.41, 5.74) is 2.43. The van der Waals surface area contributed by atoms with Gasteiger partial charge in [-0.2, -0.15) is 4.98 Å². The van der Waals surface area contributed by atoms with Crippen LogP contribution < -0.4 is 24.8 Å². The zero-order valence-electron chi connectivity index (χ0n) is 19.9. The van der Waals surface area contributed by atoms with Crippen molar-refractivity contribution < 1.29 is 22.6 Å². The number of sulfonamides is 1. The van der Waals surface area contributed by atoms with Gasteiger partial charge in [-0.3, -0.25) is 4.72 Å². The summed E-state index contributed by atoms with van der Waals surface area (Å²) in [6, 6.07) is 8.32. The number of hydrogen-bond acceptors (Lipinski definition) is 7. The molecule has 35 heavy (non-hydrogen) atoms. The van der Waals surface area contributed by atoms with Crippen molar-refractivity contribution >= 4 is 38.8 Å². The van der Waals surface area contributed by atoms with Crippen LogP contribution in [-0.2, 0) is 21.8 Å². The van der Waals surface area contributed by atoms with Crippen LogP contribution in [-0.4, -0.2) is 63.4 Å². The van der Waals surface area contributed by atoms with Gasteiger partial charge in [0.25, 0.3) is 10.0 Å². The first-order valence-corrected chi connectivity index (χ1v) is 12.8. The molecule has 0 radical (unpaired) electrons. The summed E-state index contributed by atoms with van der Waals surface area (Å²) in [4.78, 5) is 6.60. The number of rotatable bonds is 6. The molecule has 0 spiro atoms. The van der Waals surface area contributed by atoms with Gasteiger partial charge in [0.05, 0.1) is 32.3 Å². The minimum Gasteiger partial charge on any atom is -0.481 e. The summed E-state index contributed by atoms with van der Waals surface area (Å²) in [5.74, 6) is 0.463. The largest absolute Gasteiger partial charge is 0.481 e. The van der Waals surface area contributed by atoms with Crippen LogP contribution in [0, 0.1) is 0 Å². The molecule has 1 N–H and O–H groups in total. The summed E-state index contributed by atoms with van der Waals surface area (Å²) < 4.78 is 46.9. The van der Waals surface area contributed by atoms with Crippen molar-refractivity contribution in [2.75, 3.05) is 45.2 Å². The maximum absolute atomic E-state index is 13.2. The molecular formula is C25H28N4O5S. The minimum absolute atomic E-state index is 0.133. The van der Waals surface area contributed by atoms with Gasteiger partial charge in [-0.05, 0) is 42.3 Å². The lowest BCUT2D eigenvalue weighted by Crippen LogP contribution is -2.33. The van der Waals surface area contributed by atoms with Crippen molar-refractivity contribution in [3.8, 4) is 11.8 Å². The lowest BCUT2D eigenvalue weighted by Gasteiger charge is -2.26. The van der Waals surface area contributed by atoms with Gasteiger partial charge in [0, 0.05) is 53.9 Å². The Kier molecular flexibility index (Phi) is 6.16. The first-order chi connectivity index (χ1) is 16.9. The van der Waals surface area contributed by atoms with Crippen LogP contribution in [0.4, 0.5) is 5.69 Å². The van der Waals surface area contributed by atoms with E-state index < -0.39 is 10.0 Å². The fourth-order valence-electron chi connectivity index (χ4n) is 4.49. The van der Waals surface area contributed by atoms with E-state index in [0.29, 0.717) is 5.88 Å². The Balaban J connectivity index is 1.51. The molecule has 0 saturated carbocycles. The number of aryl methyl sites for hydroxylation is 1. The smallest absolute Gasteiger partial charge is 0.262 e. The molecule has 0 unspecified atom stereocenters. The highest BCUT2D eigenvalue weighted by Crippen LogP contribution is 2.28. The predicted molar refractivity (Wildman–Crippen MR) is 134 cm³/mol. The van der Waals surface area contributed by atoms with E-state index in [-0.39, 0.29) is 16.5 Å². The number of ether oxygens (including phenoxy) is 3. The number of benzene rings is 1. The van der Waals surface area contributed by atoms with E-state index in [1.165, 1.54) is 19.8 Å². The molecule has 184 valence electrons. The Bertz CT molecular complexity index is 1540. The van der Waals surface area contributed by atoms with Crippen molar-refractivity contribution in [1.82, 2.24) is 14.5 Å². The zero-order chi connectivity index (χ0) is 24.6. The number of methoxy groups -OCH3 is 2. The SMILES string of the molecule is COc1ccc(NS(=O)(=O)c2ccc3c(c2)c2c(n3C)=CC(=CN3CCOCC3)CC=2)c(OC)n1. The molecule has 9 nitrogen and oxygen atoms in total. The third-order valence-corrected chi connectivity index (χ3v) is 7.67. The van der Waals surface area contributed by atoms with Gasteiger partial charge in [-0.15, -0.1) is 0 Å². The second kappa shape index (κ2) is 9.27. The number of fused-ring (bicyclic) bond motifs is 3. The quantitative estimate of drug-likeness (QED) is 0.554. The summed E-state index contributed by atoms with van der Waals surface area (Å²) in [6.07, 6.45) is 7.35. The lowest BCUT2D eigenvalue weighted by atomic mass is 10.1. The van der Waals surface area contributed by atoms with Crippen LogP contribution in [0.2, 0.25) is 0 Å². The predicted octanol–water partition coefficient (Wildman–Crippen LogP) is 1.57. The minimum atomic E-state index is -3.88. The van der Waals surface area contributed by atoms with Gasteiger partial charge in [-0.25, -0.2) is 8.42 Å². The number of morpholine rings is 1. The fraction of sp³-hybridized carbons (Fsp3) is 0.320. The second-order valence-corrected chi connectivity index (χ2v) is 10.1. The van der Waals surface area contributed by atoms with E-state index in [1.54, 1.807) is 24.3 Å². The molecule has 2 aromatic heterocycles. The van der Waals surface area contributed by atoms with Crippen LogP contribution in [0.3, 0.4) is 0 Å². The molecule has 2 aliphatic rings. The van der Waals surface area contributed by atoms with Gasteiger partial charge in [-0.1, -0.05) is 6.08 Å². The van der Waals surface area contributed by atoms with Crippen molar-refractivity contribution in [3.05, 3.63) is 52.7 Å². The molecule has 3 aromatic rings. The lowest BCUT2D eigenvalue weighted by molar-refractivity contribution is 0.0591. The van der Waals surface area contributed by atoms with Gasteiger partial charge in [0.1, 0.15) is 5.69 Å². The third kappa shape index (κ3) is 4.46. The number of aromatic nitrogens is 2. The van der Waals surface area contributed by atoms with Crippen LogP contribution in [0.25, 0.3) is 23.1 Å². The Hall–Kier alpha value is -3.50. The first-order valence-electron chi connectivity index (χ1n) is 11.3. The Morgan fingerprint density at radius 1 is 1.11 bits per heavy atom. The van der Waals surface area contributed by atoms with E-state index in [1.807, 2.05) is 13.1 Å². The molecule has 3 heterocycles. The van der Waals surface area contributed by atoms with E-state index in [9.17, 15) is 8.42 Å². The molecule has 1 aromatic carbocycles. The van der Waals surface area contributed by atoms with Gasteiger partial charge in [0.2, 0.25) is 11.8 Å². The summed E-state index contributed by atoms with van der Waals surface area (Å²) in [5, 5.41) is 3.00.